The fourth-order valence-corrected chi connectivity index (χ4v) is 0.997. The lowest BCUT2D eigenvalue weighted by atomic mass is 10.1. The Morgan fingerprint density at radius 3 is 2.92 bits per heavy atom. The maximum absolute atomic E-state index is 8.52. The molecule has 2 nitrogen and oxygen atoms in total. The van der Waals surface area contributed by atoms with Crippen LogP contribution in [0.3, 0.4) is 0 Å². The molecule has 0 saturated heterocycles. The van der Waals surface area contributed by atoms with Crippen LogP contribution in [-0.4, -0.2) is 11.7 Å². The first-order chi connectivity index (χ1) is 6.36. The van der Waals surface area contributed by atoms with Gasteiger partial charge >= 0.3 is 0 Å². The summed E-state index contributed by atoms with van der Waals surface area (Å²) in [5, 5.41) is 8.52. The predicted octanol–water partition coefficient (Wildman–Crippen LogP) is 0.879. The lowest BCUT2D eigenvalue weighted by Gasteiger charge is -1.95. The molecular weight excluding hydrogens is 162 g/mol. The van der Waals surface area contributed by atoms with Gasteiger partial charge in [0.2, 0.25) is 0 Å². The van der Waals surface area contributed by atoms with E-state index in [1.807, 2.05) is 24.3 Å². The van der Waals surface area contributed by atoms with E-state index >= 15 is 0 Å². The summed E-state index contributed by atoms with van der Waals surface area (Å²) in [5.41, 5.74) is 7.52. The van der Waals surface area contributed by atoms with E-state index in [9.17, 15) is 0 Å². The molecule has 0 radical (unpaired) electrons. The molecule has 0 saturated carbocycles. The number of rotatable bonds is 2. The van der Waals surface area contributed by atoms with E-state index < -0.39 is 0 Å². The molecule has 0 bridgehead atoms. The molecule has 0 atom stereocenters. The van der Waals surface area contributed by atoms with Crippen molar-refractivity contribution in [1.82, 2.24) is 0 Å². The Bertz CT molecular complexity index is 322. The van der Waals surface area contributed by atoms with E-state index in [2.05, 4.69) is 11.8 Å². The number of aliphatic hydroxyl groups is 1. The number of hydrogen-bond acceptors (Lipinski definition) is 2. The first-order valence-corrected chi connectivity index (χ1v) is 4.25. The van der Waals surface area contributed by atoms with Crippen molar-refractivity contribution in [2.45, 2.75) is 13.0 Å². The summed E-state index contributed by atoms with van der Waals surface area (Å²) in [6, 6.07) is 7.80. The molecule has 0 spiro atoms. The van der Waals surface area contributed by atoms with Crippen LogP contribution in [0.25, 0.3) is 0 Å². The van der Waals surface area contributed by atoms with Crippen molar-refractivity contribution in [3.8, 4) is 11.8 Å². The van der Waals surface area contributed by atoms with Crippen molar-refractivity contribution in [3.63, 3.8) is 0 Å². The zero-order valence-electron chi connectivity index (χ0n) is 7.46. The molecule has 0 aliphatic heterocycles. The molecule has 1 aromatic carbocycles. The van der Waals surface area contributed by atoms with Gasteiger partial charge in [-0.05, 0) is 17.7 Å². The standard InChI is InChI=1S/C11H13NO/c12-9-11-6-3-5-10(8-11)4-1-2-7-13/h3,5-6,8,13H,2,7,9,12H2. The first kappa shape index (κ1) is 9.79. The monoisotopic (exact) mass is 175 g/mol. The highest BCUT2D eigenvalue weighted by Crippen LogP contribution is 2.02. The van der Waals surface area contributed by atoms with Crippen LogP contribution in [-0.2, 0) is 6.54 Å². The van der Waals surface area contributed by atoms with Gasteiger partial charge in [-0.3, -0.25) is 0 Å². The van der Waals surface area contributed by atoms with E-state index in [1.165, 1.54) is 0 Å². The Morgan fingerprint density at radius 1 is 1.38 bits per heavy atom. The molecule has 0 aliphatic rings. The molecule has 68 valence electrons. The Hall–Kier alpha value is -1.30. The van der Waals surface area contributed by atoms with Crippen LogP contribution in [0.2, 0.25) is 0 Å². The summed E-state index contributed by atoms with van der Waals surface area (Å²) in [6.07, 6.45) is 0.521. The first-order valence-electron chi connectivity index (χ1n) is 4.25. The van der Waals surface area contributed by atoms with Gasteiger partial charge in [0, 0.05) is 18.5 Å². The van der Waals surface area contributed by atoms with Crippen LogP contribution in [0, 0.1) is 11.8 Å². The fraction of sp³-hybridized carbons (Fsp3) is 0.273. The van der Waals surface area contributed by atoms with E-state index in [0.29, 0.717) is 13.0 Å². The van der Waals surface area contributed by atoms with Gasteiger partial charge in [0.15, 0.2) is 0 Å². The Balaban J connectivity index is 2.73. The summed E-state index contributed by atoms with van der Waals surface area (Å²) in [4.78, 5) is 0. The van der Waals surface area contributed by atoms with Gasteiger partial charge in [0.1, 0.15) is 0 Å². The minimum absolute atomic E-state index is 0.115. The second-order valence-electron chi connectivity index (χ2n) is 2.68. The van der Waals surface area contributed by atoms with Crippen molar-refractivity contribution in [1.29, 1.82) is 0 Å². The normalized spacial score (nSPS) is 9.08. The maximum atomic E-state index is 8.52. The third-order valence-electron chi connectivity index (χ3n) is 1.63. The molecular formula is C11H13NO. The SMILES string of the molecule is NCc1cccc(C#CCCO)c1. The molecule has 1 aromatic rings. The zero-order chi connectivity index (χ0) is 9.52. The molecule has 0 aliphatic carbocycles. The van der Waals surface area contributed by atoms with E-state index in [-0.39, 0.29) is 6.61 Å². The number of benzene rings is 1. The van der Waals surface area contributed by atoms with Gasteiger partial charge in [0.05, 0.1) is 6.61 Å². The minimum Gasteiger partial charge on any atom is -0.395 e. The zero-order valence-corrected chi connectivity index (χ0v) is 7.46. The molecule has 0 unspecified atom stereocenters. The maximum Gasteiger partial charge on any atom is 0.0540 e. The molecule has 0 aromatic heterocycles. The van der Waals surface area contributed by atoms with Crippen molar-refractivity contribution in [3.05, 3.63) is 35.4 Å². The number of aliphatic hydroxyl groups excluding tert-OH is 1. The number of hydrogen-bond donors (Lipinski definition) is 2. The summed E-state index contributed by atoms with van der Waals surface area (Å²) >= 11 is 0. The molecule has 2 heteroatoms. The average Bonchev–Trinajstić information content (AvgIpc) is 2.19. The smallest absolute Gasteiger partial charge is 0.0540 e. The Morgan fingerprint density at radius 2 is 2.23 bits per heavy atom. The van der Waals surface area contributed by atoms with Crippen LogP contribution >= 0.6 is 0 Å². The highest BCUT2D eigenvalue weighted by molar-refractivity contribution is 5.36. The molecule has 0 fully saturated rings. The summed E-state index contributed by atoms with van der Waals surface area (Å²) in [5.74, 6) is 5.82. The molecule has 1 rings (SSSR count). The Kier molecular flexibility index (Phi) is 4.04. The molecule has 0 amide bonds. The van der Waals surface area contributed by atoms with Gasteiger partial charge in [-0.25, -0.2) is 0 Å². The van der Waals surface area contributed by atoms with Crippen LogP contribution in [0.15, 0.2) is 24.3 Å². The van der Waals surface area contributed by atoms with Crippen LogP contribution < -0.4 is 5.73 Å². The number of nitrogens with two attached hydrogens (primary N) is 1. The van der Waals surface area contributed by atoms with Crippen molar-refractivity contribution in [2.24, 2.45) is 5.73 Å². The lowest BCUT2D eigenvalue weighted by Crippen LogP contribution is -1.95. The van der Waals surface area contributed by atoms with Gasteiger partial charge in [-0.15, -0.1) is 0 Å². The third kappa shape index (κ3) is 3.29. The predicted molar refractivity (Wildman–Crippen MR) is 52.9 cm³/mol. The van der Waals surface area contributed by atoms with Crippen molar-refractivity contribution >= 4 is 0 Å². The summed E-state index contributed by atoms with van der Waals surface area (Å²) < 4.78 is 0. The van der Waals surface area contributed by atoms with Crippen LogP contribution in [0.5, 0.6) is 0 Å². The summed E-state index contributed by atoms with van der Waals surface area (Å²) in [7, 11) is 0. The quantitative estimate of drug-likeness (QED) is 0.655. The Labute approximate surface area is 78.4 Å². The topological polar surface area (TPSA) is 46.2 Å². The van der Waals surface area contributed by atoms with Crippen molar-refractivity contribution in [2.75, 3.05) is 6.61 Å². The van der Waals surface area contributed by atoms with E-state index in [0.717, 1.165) is 11.1 Å². The van der Waals surface area contributed by atoms with E-state index in [4.69, 9.17) is 10.8 Å². The summed E-state index contributed by atoms with van der Waals surface area (Å²) in [6.45, 7) is 0.652. The van der Waals surface area contributed by atoms with Crippen LogP contribution in [0.1, 0.15) is 17.5 Å². The highest BCUT2D eigenvalue weighted by atomic mass is 16.2. The van der Waals surface area contributed by atoms with Crippen LogP contribution in [0.4, 0.5) is 0 Å². The third-order valence-corrected chi connectivity index (χ3v) is 1.63. The molecule has 0 heterocycles. The largest absolute Gasteiger partial charge is 0.395 e. The molecule has 13 heavy (non-hydrogen) atoms. The second-order valence-corrected chi connectivity index (χ2v) is 2.68. The second kappa shape index (κ2) is 5.36. The van der Waals surface area contributed by atoms with Crippen molar-refractivity contribution < 1.29 is 5.11 Å². The fourth-order valence-electron chi connectivity index (χ4n) is 0.997. The van der Waals surface area contributed by atoms with Gasteiger partial charge < -0.3 is 10.8 Å². The molecule has 3 N–H and O–H groups in total. The lowest BCUT2D eigenvalue weighted by molar-refractivity contribution is 0.305. The van der Waals surface area contributed by atoms with Gasteiger partial charge in [-0.2, -0.15) is 0 Å². The minimum atomic E-state index is 0.115. The van der Waals surface area contributed by atoms with Gasteiger partial charge in [0.25, 0.3) is 0 Å². The van der Waals surface area contributed by atoms with Gasteiger partial charge in [-0.1, -0.05) is 24.0 Å². The average molecular weight is 175 g/mol. The highest BCUT2D eigenvalue weighted by Gasteiger charge is 1.89. The van der Waals surface area contributed by atoms with E-state index in [1.54, 1.807) is 0 Å².